The van der Waals surface area contributed by atoms with Gasteiger partial charge in [-0.05, 0) is 37.3 Å². The third-order valence-corrected chi connectivity index (χ3v) is 4.08. The number of nitrogen functional groups attached to an aromatic ring is 1. The Hall–Kier alpha value is -1.55. The van der Waals surface area contributed by atoms with Gasteiger partial charge >= 0.3 is 0 Å². The van der Waals surface area contributed by atoms with Gasteiger partial charge in [-0.2, -0.15) is 4.98 Å². The van der Waals surface area contributed by atoms with Gasteiger partial charge in [-0.1, -0.05) is 29.7 Å². The predicted octanol–water partition coefficient (Wildman–Crippen LogP) is 3.88. The van der Waals surface area contributed by atoms with E-state index in [2.05, 4.69) is 17.1 Å². The van der Waals surface area contributed by atoms with Crippen molar-refractivity contribution in [2.24, 2.45) is 5.92 Å². The van der Waals surface area contributed by atoms with E-state index in [0.29, 0.717) is 28.1 Å². The standard InChI is InChI=1S/C14H16ClN3O/c1-8-5-6-9(7-8)13-17-14(19-18-13)12-10(15)3-2-4-11(12)16/h2-4,8-9H,5-7,16H2,1H3. The molecule has 2 unspecified atom stereocenters. The largest absolute Gasteiger partial charge is 0.398 e. The first-order valence-corrected chi connectivity index (χ1v) is 6.91. The number of nitrogens with zero attached hydrogens (tertiary/aromatic N) is 2. The highest BCUT2D eigenvalue weighted by Gasteiger charge is 2.27. The Bertz CT molecular complexity index is 576. The number of rotatable bonds is 2. The van der Waals surface area contributed by atoms with Gasteiger partial charge in [-0.25, -0.2) is 0 Å². The molecule has 1 aliphatic rings. The Morgan fingerprint density at radius 1 is 1.37 bits per heavy atom. The van der Waals surface area contributed by atoms with E-state index in [1.54, 1.807) is 18.2 Å². The van der Waals surface area contributed by atoms with Crippen LogP contribution in [-0.4, -0.2) is 10.1 Å². The molecular formula is C14H16ClN3O. The van der Waals surface area contributed by atoms with Gasteiger partial charge < -0.3 is 10.3 Å². The first-order chi connectivity index (χ1) is 9.15. The van der Waals surface area contributed by atoms with Gasteiger partial charge in [0, 0.05) is 11.6 Å². The molecule has 2 atom stereocenters. The second-order valence-electron chi connectivity index (χ2n) is 5.28. The lowest BCUT2D eigenvalue weighted by molar-refractivity contribution is 0.415. The Kier molecular flexibility index (Phi) is 3.19. The van der Waals surface area contributed by atoms with Crippen LogP contribution in [0.25, 0.3) is 11.5 Å². The van der Waals surface area contributed by atoms with Gasteiger partial charge in [0.1, 0.15) is 0 Å². The van der Waals surface area contributed by atoms with Crippen molar-refractivity contribution in [3.63, 3.8) is 0 Å². The molecule has 1 fully saturated rings. The fourth-order valence-electron chi connectivity index (χ4n) is 2.71. The van der Waals surface area contributed by atoms with Gasteiger partial charge in [0.15, 0.2) is 5.82 Å². The molecule has 2 N–H and O–H groups in total. The minimum Gasteiger partial charge on any atom is -0.398 e. The summed E-state index contributed by atoms with van der Waals surface area (Å²) in [7, 11) is 0. The summed E-state index contributed by atoms with van der Waals surface area (Å²) < 4.78 is 5.33. The fourth-order valence-corrected chi connectivity index (χ4v) is 2.97. The zero-order valence-corrected chi connectivity index (χ0v) is 11.5. The maximum absolute atomic E-state index is 6.15. The van der Waals surface area contributed by atoms with Gasteiger partial charge in [-0.3, -0.25) is 0 Å². The minimum atomic E-state index is 0.399. The van der Waals surface area contributed by atoms with Crippen LogP contribution in [0.5, 0.6) is 0 Å². The topological polar surface area (TPSA) is 64.9 Å². The van der Waals surface area contributed by atoms with Crippen molar-refractivity contribution in [2.75, 3.05) is 5.73 Å². The molecule has 0 aliphatic heterocycles. The summed E-state index contributed by atoms with van der Waals surface area (Å²) in [5.41, 5.74) is 7.12. The maximum atomic E-state index is 6.15. The quantitative estimate of drug-likeness (QED) is 0.846. The van der Waals surface area contributed by atoms with Crippen LogP contribution in [0.1, 0.15) is 37.9 Å². The first-order valence-electron chi connectivity index (χ1n) is 6.53. The van der Waals surface area contributed by atoms with E-state index in [1.807, 2.05) is 0 Å². The molecule has 1 aliphatic carbocycles. The second kappa shape index (κ2) is 4.85. The number of halogens is 1. The first kappa shape index (κ1) is 12.5. The van der Waals surface area contributed by atoms with Crippen molar-refractivity contribution >= 4 is 17.3 Å². The molecule has 1 aromatic heterocycles. The Morgan fingerprint density at radius 3 is 2.89 bits per heavy atom. The Morgan fingerprint density at radius 2 is 2.21 bits per heavy atom. The molecule has 0 spiro atoms. The van der Waals surface area contributed by atoms with E-state index in [1.165, 1.54) is 6.42 Å². The lowest BCUT2D eigenvalue weighted by Gasteiger charge is -2.03. The zero-order valence-electron chi connectivity index (χ0n) is 10.8. The minimum absolute atomic E-state index is 0.399. The van der Waals surface area contributed by atoms with Gasteiger partial charge in [-0.15, -0.1) is 0 Å². The van der Waals surface area contributed by atoms with E-state index in [0.717, 1.165) is 24.6 Å². The van der Waals surface area contributed by atoms with Crippen LogP contribution in [0.2, 0.25) is 5.02 Å². The third kappa shape index (κ3) is 2.32. The average molecular weight is 278 g/mol. The van der Waals surface area contributed by atoms with E-state index in [-0.39, 0.29) is 0 Å². The SMILES string of the molecule is CC1CCC(c2noc(-c3c(N)cccc3Cl)n2)C1. The van der Waals surface area contributed by atoms with Crippen LogP contribution in [0.15, 0.2) is 22.7 Å². The van der Waals surface area contributed by atoms with Crippen molar-refractivity contribution in [1.29, 1.82) is 0 Å². The summed E-state index contributed by atoms with van der Waals surface area (Å²) in [5, 5.41) is 4.63. The summed E-state index contributed by atoms with van der Waals surface area (Å²) in [5.74, 6) is 2.32. The Labute approximate surface area is 117 Å². The molecular weight excluding hydrogens is 262 g/mol. The smallest absolute Gasteiger partial charge is 0.261 e. The van der Waals surface area contributed by atoms with Crippen LogP contribution in [0.3, 0.4) is 0 Å². The predicted molar refractivity (Wildman–Crippen MR) is 74.9 cm³/mol. The van der Waals surface area contributed by atoms with Crippen LogP contribution in [0.4, 0.5) is 5.69 Å². The van der Waals surface area contributed by atoms with E-state index in [9.17, 15) is 0 Å². The molecule has 3 rings (SSSR count). The molecule has 0 amide bonds. The molecule has 5 heteroatoms. The van der Waals surface area contributed by atoms with Crippen molar-refractivity contribution in [2.45, 2.75) is 32.1 Å². The highest BCUT2D eigenvalue weighted by Crippen LogP contribution is 2.38. The van der Waals surface area contributed by atoms with Gasteiger partial charge in [0.25, 0.3) is 5.89 Å². The van der Waals surface area contributed by atoms with Gasteiger partial charge in [0.2, 0.25) is 0 Å². The summed E-state index contributed by atoms with van der Waals surface area (Å²) >= 11 is 6.15. The molecule has 100 valence electrons. The summed E-state index contributed by atoms with van der Waals surface area (Å²) in [6, 6.07) is 5.36. The number of benzene rings is 1. The van der Waals surface area contributed by atoms with Crippen LogP contribution in [0, 0.1) is 5.92 Å². The summed E-state index contributed by atoms with van der Waals surface area (Å²) in [4.78, 5) is 4.48. The van der Waals surface area contributed by atoms with E-state index in [4.69, 9.17) is 21.9 Å². The van der Waals surface area contributed by atoms with Crippen LogP contribution < -0.4 is 5.73 Å². The summed E-state index contributed by atoms with van der Waals surface area (Å²) in [6.07, 6.45) is 3.47. The average Bonchev–Trinajstić information content (AvgIpc) is 2.98. The van der Waals surface area contributed by atoms with Crippen molar-refractivity contribution in [3.8, 4) is 11.5 Å². The lowest BCUT2D eigenvalue weighted by Crippen LogP contribution is -1.96. The Balaban J connectivity index is 1.93. The van der Waals surface area contributed by atoms with Crippen molar-refractivity contribution in [1.82, 2.24) is 10.1 Å². The molecule has 19 heavy (non-hydrogen) atoms. The fraction of sp³-hybridized carbons (Fsp3) is 0.429. The van der Waals surface area contributed by atoms with Crippen LogP contribution in [-0.2, 0) is 0 Å². The molecule has 1 aromatic carbocycles. The van der Waals surface area contributed by atoms with E-state index >= 15 is 0 Å². The summed E-state index contributed by atoms with van der Waals surface area (Å²) in [6.45, 7) is 2.26. The van der Waals surface area contributed by atoms with Crippen LogP contribution >= 0.6 is 11.6 Å². The maximum Gasteiger partial charge on any atom is 0.261 e. The third-order valence-electron chi connectivity index (χ3n) is 3.76. The molecule has 0 radical (unpaired) electrons. The lowest BCUT2D eigenvalue weighted by atomic mass is 10.1. The normalized spacial score (nSPS) is 22.8. The second-order valence-corrected chi connectivity index (χ2v) is 5.68. The van der Waals surface area contributed by atoms with Gasteiger partial charge in [0.05, 0.1) is 10.6 Å². The number of hydrogen-bond donors (Lipinski definition) is 1. The van der Waals surface area contributed by atoms with E-state index < -0.39 is 0 Å². The zero-order chi connectivity index (χ0) is 13.4. The molecule has 2 aromatic rings. The van der Waals surface area contributed by atoms with Crippen molar-refractivity contribution in [3.05, 3.63) is 29.0 Å². The molecule has 1 saturated carbocycles. The monoisotopic (exact) mass is 277 g/mol. The number of anilines is 1. The number of nitrogens with two attached hydrogens (primary N) is 1. The molecule has 0 bridgehead atoms. The number of hydrogen-bond acceptors (Lipinski definition) is 4. The van der Waals surface area contributed by atoms with Crippen molar-refractivity contribution < 1.29 is 4.52 Å². The molecule has 4 nitrogen and oxygen atoms in total. The molecule has 1 heterocycles. The molecule has 0 saturated heterocycles. The highest BCUT2D eigenvalue weighted by atomic mass is 35.5. The number of aromatic nitrogens is 2. The highest BCUT2D eigenvalue weighted by molar-refractivity contribution is 6.33.